The predicted octanol–water partition coefficient (Wildman–Crippen LogP) is 6.89. The summed E-state index contributed by atoms with van der Waals surface area (Å²) >= 11 is 0. The monoisotopic (exact) mass is 434 g/mol. The van der Waals surface area contributed by atoms with Gasteiger partial charge in [0.15, 0.2) is 0 Å². The summed E-state index contributed by atoms with van der Waals surface area (Å²) in [7, 11) is -4.57. The van der Waals surface area contributed by atoms with Crippen LogP contribution in [-0.4, -0.2) is 18.1 Å². The Kier molecular flexibility index (Phi) is 10.2. The van der Waals surface area contributed by atoms with Crippen molar-refractivity contribution in [1.82, 2.24) is 0 Å². The largest absolute Gasteiger partial charge is 0.506 e. The lowest BCUT2D eigenvalue weighted by Gasteiger charge is -2.15. The molecule has 0 saturated heterocycles. The molecule has 2 aromatic carbocycles. The topological polar surface area (TPSA) is 83.8 Å². The van der Waals surface area contributed by atoms with Gasteiger partial charge in [0, 0.05) is 5.56 Å². The van der Waals surface area contributed by atoms with E-state index in [0.717, 1.165) is 19.3 Å². The molecule has 0 fully saturated rings. The van der Waals surface area contributed by atoms with Gasteiger partial charge < -0.3 is 9.84 Å². The third kappa shape index (κ3) is 8.00. The van der Waals surface area contributed by atoms with E-state index in [1.165, 1.54) is 51.0 Å². The van der Waals surface area contributed by atoms with Gasteiger partial charge in [0.25, 0.3) is 10.1 Å². The van der Waals surface area contributed by atoms with Crippen LogP contribution >= 0.6 is 0 Å². The Morgan fingerprint density at radius 2 is 1.37 bits per heavy atom. The molecule has 0 heterocycles. The lowest BCUT2D eigenvalue weighted by Crippen LogP contribution is -2.06. The van der Waals surface area contributed by atoms with Crippen molar-refractivity contribution in [1.29, 1.82) is 0 Å². The fourth-order valence-corrected chi connectivity index (χ4v) is 4.47. The lowest BCUT2D eigenvalue weighted by molar-refractivity contribution is 0.428. The zero-order valence-corrected chi connectivity index (χ0v) is 18.7. The molecular formula is C24H34O5S. The number of ether oxygens (including phenoxy) is 1. The second-order valence-corrected chi connectivity index (χ2v) is 9.07. The van der Waals surface area contributed by atoms with E-state index in [1.807, 2.05) is 18.2 Å². The minimum absolute atomic E-state index is 0.320. The fourth-order valence-electron chi connectivity index (χ4n) is 3.62. The molecule has 2 aromatic rings. The standard InChI is InChI=1S/C24H34O5S/c1-2-3-4-5-6-7-8-9-10-14-17-21-23(29-20-15-12-11-13-16-20)19-18-22(25)24(21)30(26,27)28/h11-13,15-16,18-19,25H,2-10,14,17H2,1H3,(H,26,27,28). The summed E-state index contributed by atoms with van der Waals surface area (Å²) in [6.45, 7) is 2.22. The molecular weight excluding hydrogens is 400 g/mol. The third-order valence-electron chi connectivity index (χ3n) is 5.21. The SMILES string of the molecule is CCCCCCCCCCCCc1c(Oc2ccccc2)ccc(O)c1S(=O)(=O)O. The van der Waals surface area contributed by atoms with E-state index in [-0.39, 0.29) is 0 Å². The predicted molar refractivity (Wildman–Crippen MR) is 120 cm³/mol. The Morgan fingerprint density at radius 3 is 1.93 bits per heavy atom. The summed E-state index contributed by atoms with van der Waals surface area (Å²) in [4.78, 5) is -0.452. The number of aromatic hydroxyl groups is 1. The van der Waals surface area contributed by atoms with Crippen LogP contribution in [0.2, 0.25) is 0 Å². The maximum absolute atomic E-state index is 11.9. The van der Waals surface area contributed by atoms with Crippen LogP contribution < -0.4 is 4.74 Å². The molecule has 2 rings (SSSR count). The summed E-state index contributed by atoms with van der Waals surface area (Å²) in [6.07, 6.45) is 12.1. The molecule has 6 heteroatoms. The Labute approximate surface area is 180 Å². The highest BCUT2D eigenvalue weighted by atomic mass is 32.2. The van der Waals surface area contributed by atoms with Crippen molar-refractivity contribution in [2.24, 2.45) is 0 Å². The zero-order chi connectivity index (χ0) is 21.8. The van der Waals surface area contributed by atoms with E-state index >= 15 is 0 Å². The van der Waals surface area contributed by atoms with Crippen molar-refractivity contribution < 1.29 is 22.8 Å². The highest BCUT2D eigenvalue weighted by Crippen LogP contribution is 2.37. The van der Waals surface area contributed by atoms with Gasteiger partial charge in [-0.15, -0.1) is 0 Å². The van der Waals surface area contributed by atoms with Crippen LogP contribution in [0.25, 0.3) is 0 Å². The van der Waals surface area contributed by atoms with Gasteiger partial charge in [-0.3, -0.25) is 4.55 Å². The molecule has 166 valence electrons. The van der Waals surface area contributed by atoms with Gasteiger partial charge in [-0.25, -0.2) is 0 Å². The maximum Gasteiger partial charge on any atom is 0.298 e. The van der Waals surface area contributed by atoms with Gasteiger partial charge in [-0.05, 0) is 37.1 Å². The lowest BCUT2D eigenvalue weighted by atomic mass is 10.0. The first-order valence-corrected chi connectivity index (χ1v) is 12.4. The van der Waals surface area contributed by atoms with Gasteiger partial charge in [-0.1, -0.05) is 82.9 Å². The van der Waals surface area contributed by atoms with Crippen LogP contribution in [0, 0.1) is 0 Å². The number of phenols is 1. The normalized spacial score (nSPS) is 11.5. The first-order valence-electron chi connectivity index (χ1n) is 11.0. The van der Waals surface area contributed by atoms with Gasteiger partial charge in [-0.2, -0.15) is 8.42 Å². The Hall–Kier alpha value is -2.05. The van der Waals surface area contributed by atoms with Gasteiger partial charge in [0.05, 0.1) is 0 Å². The zero-order valence-electron chi connectivity index (χ0n) is 17.8. The smallest absolute Gasteiger partial charge is 0.298 e. The molecule has 0 aliphatic heterocycles. The molecule has 0 bridgehead atoms. The molecule has 0 aromatic heterocycles. The Bertz CT molecular complexity index is 863. The minimum atomic E-state index is -4.57. The Morgan fingerprint density at radius 1 is 0.800 bits per heavy atom. The highest BCUT2D eigenvalue weighted by Gasteiger charge is 2.24. The highest BCUT2D eigenvalue weighted by molar-refractivity contribution is 7.86. The molecule has 0 amide bonds. The molecule has 0 radical (unpaired) electrons. The number of benzene rings is 2. The number of hydrogen-bond donors (Lipinski definition) is 2. The minimum Gasteiger partial charge on any atom is -0.506 e. The molecule has 0 saturated carbocycles. The van der Waals surface area contributed by atoms with E-state index < -0.39 is 20.8 Å². The van der Waals surface area contributed by atoms with Crippen LogP contribution in [0.1, 0.15) is 76.7 Å². The van der Waals surface area contributed by atoms with Crippen LogP contribution in [0.3, 0.4) is 0 Å². The van der Waals surface area contributed by atoms with E-state index in [4.69, 9.17) is 4.74 Å². The summed E-state index contributed by atoms with van der Waals surface area (Å²) in [5.41, 5.74) is 0.320. The summed E-state index contributed by atoms with van der Waals surface area (Å²) in [5.74, 6) is 0.441. The summed E-state index contributed by atoms with van der Waals surface area (Å²) in [5, 5.41) is 10.1. The molecule has 0 atom stereocenters. The molecule has 5 nitrogen and oxygen atoms in total. The van der Waals surface area contributed by atoms with Crippen molar-refractivity contribution in [3.05, 3.63) is 48.0 Å². The number of para-hydroxylation sites is 1. The molecule has 30 heavy (non-hydrogen) atoms. The van der Waals surface area contributed by atoms with E-state index in [0.29, 0.717) is 23.5 Å². The van der Waals surface area contributed by atoms with E-state index in [9.17, 15) is 18.1 Å². The van der Waals surface area contributed by atoms with Crippen LogP contribution in [0.15, 0.2) is 47.4 Å². The van der Waals surface area contributed by atoms with Crippen LogP contribution in [-0.2, 0) is 16.5 Å². The van der Waals surface area contributed by atoms with Crippen molar-refractivity contribution in [3.63, 3.8) is 0 Å². The van der Waals surface area contributed by atoms with Crippen LogP contribution in [0.5, 0.6) is 17.2 Å². The summed E-state index contributed by atoms with van der Waals surface area (Å²) in [6, 6.07) is 11.8. The van der Waals surface area contributed by atoms with Crippen molar-refractivity contribution in [2.75, 3.05) is 0 Å². The van der Waals surface area contributed by atoms with E-state index in [2.05, 4.69) is 6.92 Å². The van der Waals surface area contributed by atoms with Crippen molar-refractivity contribution in [3.8, 4) is 17.2 Å². The first-order chi connectivity index (χ1) is 14.4. The maximum atomic E-state index is 11.9. The molecule has 0 unspecified atom stereocenters. The molecule has 0 aliphatic rings. The average molecular weight is 435 g/mol. The Balaban J connectivity index is 1.98. The summed E-state index contributed by atoms with van der Waals surface area (Å²) < 4.78 is 39.3. The quantitative estimate of drug-likeness (QED) is 0.250. The fraction of sp³-hybridized carbons (Fsp3) is 0.500. The number of hydrogen-bond acceptors (Lipinski definition) is 4. The van der Waals surface area contributed by atoms with Crippen LogP contribution in [0.4, 0.5) is 0 Å². The number of unbranched alkanes of at least 4 members (excludes halogenated alkanes) is 9. The average Bonchev–Trinajstić information content (AvgIpc) is 2.71. The molecule has 0 spiro atoms. The third-order valence-corrected chi connectivity index (χ3v) is 6.18. The molecule has 0 aliphatic carbocycles. The van der Waals surface area contributed by atoms with Gasteiger partial charge >= 0.3 is 0 Å². The number of phenolic OH excluding ortho intramolecular Hbond substituents is 1. The van der Waals surface area contributed by atoms with Gasteiger partial charge in [0.1, 0.15) is 22.1 Å². The molecule has 2 N–H and O–H groups in total. The number of rotatable bonds is 14. The van der Waals surface area contributed by atoms with Crippen molar-refractivity contribution >= 4 is 10.1 Å². The van der Waals surface area contributed by atoms with Crippen molar-refractivity contribution in [2.45, 2.75) is 82.4 Å². The van der Waals surface area contributed by atoms with E-state index in [1.54, 1.807) is 18.2 Å². The second-order valence-electron chi connectivity index (χ2n) is 7.71. The first kappa shape index (κ1) is 24.2. The van der Waals surface area contributed by atoms with Gasteiger partial charge in [0.2, 0.25) is 0 Å². The second kappa shape index (κ2) is 12.6.